The van der Waals surface area contributed by atoms with Crippen LogP contribution < -0.4 is 5.32 Å². The highest BCUT2D eigenvalue weighted by molar-refractivity contribution is 5.94. The zero-order chi connectivity index (χ0) is 13.9. The van der Waals surface area contributed by atoms with Crippen molar-refractivity contribution in [1.82, 2.24) is 9.97 Å². The summed E-state index contributed by atoms with van der Waals surface area (Å²) in [4.78, 5) is 18.5. The number of para-hydroxylation sites is 1. The van der Waals surface area contributed by atoms with Crippen molar-refractivity contribution in [3.63, 3.8) is 0 Å². The molecule has 0 spiro atoms. The number of nitrogens with zero attached hydrogens (tertiary/aromatic N) is 1. The van der Waals surface area contributed by atoms with Crippen LogP contribution in [-0.4, -0.2) is 21.0 Å². The van der Waals surface area contributed by atoms with Crippen molar-refractivity contribution in [3.05, 3.63) is 59.9 Å². The Bertz CT molecular complexity index is 764. The number of carboxylic acid groups (broad SMARTS) is 1. The second-order valence-corrected chi connectivity index (χ2v) is 4.42. The third-order valence-corrected chi connectivity index (χ3v) is 3.16. The lowest BCUT2D eigenvalue weighted by molar-refractivity contribution is 0.0698. The number of aromatic carboxylic acids is 1. The van der Waals surface area contributed by atoms with Gasteiger partial charge in [-0.15, -0.1) is 0 Å². The number of H-pyrrole nitrogens is 1. The normalized spacial score (nSPS) is 10.6. The fraction of sp³-hybridized carbons (Fsp3) is 0.0667. The maximum Gasteiger partial charge on any atom is 0.337 e. The number of aromatic amines is 1. The molecule has 0 aliphatic heterocycles. The summed E-state index contributed by atoms with van der Waals surface area (Å²) in [6.07, 6.45) is 3.61. The van der Waals surface area contributed by atoms with Gasteiger partial charge >= 0.3 is 5.97 Å². The van der Waals surface area contributed by atoms with Crippen molar-refractivity contribution in [2.75, 3.05) is 5.32 Å². The molecule has 100 valence electrons. The van der Waals surface area contributed by atoms with Gasteiger partial charge in [0.25, 0.3) is 0 Å². The van der Waals surface area contributed by atoms with Gasteiger partial charge in [-0.2, -0.15) is 0 Å². The van der Waals surface area contributed by atoms with Gasteiger partial charge in [0.2, 0.25) is 0 Å². The minimum atomic E-state index is -0.936. The first-order chi connectivity index (χ1) is 9.75. The van der Waals surface area contributed by atoms with Crippen LogP contribution in [0.25, 0.3) is 11.0 Å². The largest absolute Gasteiger partial charge is 0.478 e. The molecular weight excluding hydrogens is 254 g/mol. The molecule has 0 unspecified atom stereocenters. The van der Waals surface area contributed by atoms with Gasteiger partial charge in [0.15, 0.2) is 0 Å². The van der Waals surface area contributed by atoms with Gasteiger partial charge in [-0.25, -0.2) is 9.78 Å². The number of carbonyl (C=O) groups is 1. The van der Waals surface area contributed by atoms with Gasteiger partial charge < -0.3 is 15.4 Å². The van der Waals surface area contributed by atoms with Crippen molar-refractivity contribution < 1.29 is 9.90 Å². The van der Waals surface area contributed by atoms with Gasteiger partial charge in [0.05, 0.1) is 5.56 Å². The van der Waals surface area contributed by atoms with E-state index in [9.17, 15) is 4.79 Å². The number of aromatic nitrogens is 2. The maximum absolute atomic E-state index is 11.1. The number of fused-ring (bicyclic) bond motifs is 1. The van der Waals surface area contributed by atoms with Gasteiger partial charge in [-0.1, -0.05) is 12.1 Å². The topological polar surface area (TPSA) is 78.0 Å². The fourth-order valence-corrected chi connectivity index (χ4v) is 2.17. The number of nitrogens with one attached hydrogen (secondary N) is 2. The molecule has 0 aliphatic carbocycles. The molecule has 1 aromatic carbocycles. The summed E-state index contributed by atoms with van der Waals surface area (Å²) in [7, 11) is 0. The lowest BCUT2D eigenvalue weighted by Crippen LogP contribution is -2.05. The Balaban J connectivity index is 1.85. The Morgan fingerprint density at radius 2 is 2.10 bits per heavy atom. The Hall–Kier alpha value is -2.82. The molecule has 2 heterocycles. The molecule has 0 saturated heterocycles. The van der Waals surface area contributed by atoms with E-state index in [2.05, 4.69) is 15.3 Å². The minimum Gasteiger partial charge on any atom is -0.478 e. The highest BCUT2D eigenvalue weighted by Gasteiger charge is 2.09. The van der Waals surface area contributed by atoms with E-state index in [0.717, 1.165) is 16.6 Å². The van der Waals surface area contributed by atoms with E-state index in [1.807, 2.05) is 24.4 Å². The second-order valence-electron chi connectivity index (χ2n) is 4.42. The second kappa shape index (κ2) is 5.05. The first-order valence-corrected chi connectivity index (χ1v) is 6.23. The monoisotopic (exact) mass is 267 g/mol. The van der Waals surface area contributed by atoms with Gasteiger partial charge in [-0.05, 0) is 29.8 Å². The predicted octanol–water partition coefficient (Wildman–Crippen LogP) is 2.87. The number of carboxylic acids is 1. The predicted molar refractivity (Wildman–Crippen MR) is 76.8 cm³/mol. The summed E-state index contributed by atoms with van der Waals surface area (Å²) in [6, 6.07) is 10.7. The minimum absolute atomic E-state index is 0.269. The van der Waals surface area contributed by atoms with Crippen molar-refractivity contribution in [3.8, 4) is 0 Å². The summed E-state index contributed by atoms with van der Waals surface area (Å²) in [5.41, 5.74) is 2.76. The standard InChI is InChI=1S/C15H13N3O2/c19-15(20)12-4-1-2-6-13(12)17-8-10-9-18-14-11(10)5-3-7-16-14/h1-7,9,17H,8H2,(H,16,18)(H,19,20). The third kappa shape index (κ3) is 2.21. The average Bonchev–Trinajstić information content (AvgIpc) is 2.88. The van der Waals surface area contributed by atoms with Gasteiger partial charge in [-0.3, -0.25) is 0 Å². The van der Waals surface area contributed by atoms with Crippen LogP contribution in [0.5, 0.6) is 0 Å². The van der Waals surface area contributed by atoms with Crippen LogP contribution in [0.1, 0.15) is 15.9 Å². The molecule has 2 aromatic heterocycles. The first kappa shape index (κ1) is 12.2. The average molecular weight is 267 g/mol. The number of anilines is 1. The number of pyridine rings is 1. The van der Waals surface area contributed by atoms with Gasteiger partial charge in [0.1, 0.15) is 5.65 Å². The van der Waals surface area contributed by atoms with E-state index in [1.54, 1.807) is 24.4 Å². The third-order valence-electron chi connectivity index (χ3n) is 3.16. The van der Waals surface area contributed by atoms with Gasteiger partial charge in [0, 0.05) is 30.0 Å². The summed E-state index contributed by atoms with van der Waals surface area (Å²) in [5, 5.41) is 13.3. The Kier molecular flexibility index (Phi) is 3.09. The van der Waals surface area contributed by atoms with Crippen LogP contribution in [0.4, 0.5) is 5.69 Å². The molecule has 0 atom stereocenters. The lowest BCUT2D eigenvalue weighted by Gasteiger charge is -2.08. The molecule has 3 aromatic rings. The van der Waals surface area contributed by atoms with E-state index >= 15 is 0 Å². The van der Waals surface area contributed by atoms with Crippen LogP contribution in [0.3, 0.4) is 0 Å². The Morgan fingerprint density at radius 3 is 2.95 bits per heavy atom. The van der Waals surface area contributed by atoms with E-state index in [4.69, 9.17) is 5.11 Å². The molecular formula is C15H13N3O2. The molecule has 3 rings (SSSR count). The summed E-state index contributed by atoms with van der Waals surface area (Å²) in [6.45, 7) is 0.538. The molecule has 0 amide bonds. The Labute approximate surface area is 115 Å². The molecule has 0 saturated carbocycles. The van der Waals surface area contributed by atoms with Crippen molar-refractivity contribution in [2.24, 2.45) is 0 Å². The smallest absolute Gasteiger partial charge is 0.337 e. The molecule has 5 heteroatoms. The summed E-state index contributed by atoms with van der Waals surface area (Å²) < 4.78 is 0. The molecule has 3 N–H and O–H groups in total. The highest BCUT2D eigenvalue weighted by atomic mass is 16.4. The SMILES string of the molecule is O=C(O)c1ccccc1NCc1c[nH]c2ncccc12. The van der Waals surface area contributed by atoms with Crippen molar-refractivity contribution >= 4 is 22.7 Å². The maximum atomic E-state index is 11.1. The molecule has 0 aliphatic rings. The van der Waals surface area contributed by atoms with Crippen molar-refractivity contribution in [1.29, 1.82) is 0 Å². The van der Waals surface area contributed by atoms with Crippen LogP contribution in [-0.2, 0) is 6.54 Å². The molecule has 5 nitrogen and oxygen atoms in total. The first-order valence-electron chi connectivity index (χ1n) is 6.23. The van der Waals surface area contributed by atoms with E-state index in [1.165, 1.54) is 0 Å². The number of rotatable bonds is 4. The highest BCUT2D eigenvalue weighted by Crippen LogP contribution is 2.19. The molecule has 0 bridgehead atoms. The number of hydrogen-bond donors (Lipinski definition) is 3. The summed E-state index contributed by atoms with van der Waals surface area (Å²) in [5.74, 6) is -0.936. The van der Waals surface area contributed by atoms with E-state index in [0.29, 0.717) is 12.2 Å². The van der Waals surface area contributed by atoms with Crippen LogP contribution in [0.15, 0.2) is 48.8 Å². The fourth-order valence-electron chi connectivity index (χ4n) is 2.17. The quantitative estimate of drug-likeness (QED) is 0.679. The molecule has 0 radical (unpaired) electrons. The summed E-state index contributed by atoms with van der Waals surface area (Å²) >= 11 is 0. The Morgan fingerprint density at radius 1 is 1.25 bits per heavy atom. The van der Waals surface area contributed by atoms with Crippen molar-refractivity contribution in [2.45, 2.75) is 6.54 Å². The van der Waals surface area contributed by atoms with Crippen LogP contribution >= 0.6 is 0 Å². The number of benzene rings is 1. The van der Waals surface area contributed by atoms with Crippen LogP contribution in [0.2, 0.25) is 0 Å². The van der Waals surface area contributed by atoms with E-state index in [-0.39, 0.29) is 5.56 Å². The van der Waals surface area contributed by atoms with Crippen LogP contribution in [0, 0.1) is 0 Å². The lowest BCUT2D eigenvalue weighted by atomic mass is 10.1. The molecule has 0 fully saturated rings. The zero-order valence-electron chi connectivity index (χ0n) is 10.6. The van der Waals surface area contributed by atoms with E-state index < -0.39 is 5.97 Å². The zero-order valence-corrected chi connectivity index (χ0v) is 10.6. The number of hydrogen-bond acceptors (Lipinski definition) is 3. The molecule has 20 heavy (non-hydrogen) atoms.